The molecule has 50 valence electrons. The Labute approximate surface area is 80.3 Å². The van der Waals surface area contributed by atoms with E-state index in [1.165, 1.54) is 0 Å². The largest absolute Gasteiger partial charge is 0.394 e. The van der Waals surface area contributed by atoms with E-state index in [4.69, 9.17) is 17.5 Å². The third-order valence-electron chi connectivity index (χ3n) is 0. The maximum Gasteiger partial charge on any atom is 0.394 e. The molecule has 0 aromatic heterocycles. The molecule has 0 atom stereocenters. The molecule has 2 N–H and O–H groups in total. The zero-order chi connectivity index (χ0) is 4.50. The van der Waals surface area contributed by atoms with Crippen LogP contribution in [-0.4, -0.2) is 40.6 Å². The first-order chi connectivity index (χ1) is 2.00. The van der Waals surface area contributed by atoms with Crippen LogP contribution in [0.15, 0.2) is 0 Å². The molecule has 8 heteroatoms. The predicted molar refractivity (Wildman–Crippen MR) is 30.0 cm³/mol. The van der Waals surface area contributed by atoms with Crippen molar-refractivity contribution in [3.63, 3.8) is 0 Å². The molecule has 0 saturated carbocycles. The smallest absolute Gasteiger partial charge is 0.264 e. The first-order valence-electron chi connectivity index (χ1n) is 0.698. The van der Waals surface area contributed by atoms with Crippen molar-refractivity contribution in [2.24, 2.45) is 0 Å². The van der Waals surface area contributed by atoms with Crippen molar-refractivity contribution in [2.45, 2.75) is 0 Å². The maximum absolute atomic E-state index is 8.74. The van der Waals surface area contributed by atoms with Gasteiger partial charge in [0.2, 0.25) is 0 Å². The molecular weight excluding hydrogens is 208 g/mol. The number of halogens is 1. The third kappa shape index (κ3) is 146. The molecule has 0 radical (unpaired) electrons. The Bertz CT molecular complexity index is 99.2. The van der Waals surface area contributed by atoms with E-state index in [-0.39, 0.29) is 52.8 Å². The monoisotopic (exact) mass is 212 g/mol. The molecule has 8 heavy (non-hydrogen) atoms. The number of rotatable bonds is 0. The van der Waals surface area contributed by atoms with E-state index < -0.39 is 10.4 Å². The molecule has 0 aliphatic heterocycles. The number of hydrogen-bond acceptors (Lipinski definition) is 2. The first kappa shape index (κ1) is 22.7. The van der Waals surface area contributed by atoms with Crippen molar-refractivity contribution < 1.29 is 34.9 Å². The van der Waals surface area contributed by atoms with Gasteiger partial charge in [-0.1, -0.05) is 0 Å². The van der Waals surface area contributed by atoms with Gasteiger partial charge in [-0.15, -0.1) is 12.4 Å². The minimum Gasteiger partial charge on any atom is -0.264 e. The van der Waals surface area contributed by atoms with Crippen LogP contribution < -0.4 is 0 Å². The minimum absolute atomic E-state index is 0. The van der Waals surface area contributed by atoms with Crippen molar-refractivity contribution in [3.8, 4) is 0 Å². The summed E-state index contributed by atoms with van der Waals surface area (Å²) < 4.78 is 31.6. The number of hydrogen-bond donors (Lipinski definition) is 2. The molecule has 0 fully saturated rings. The summed E-state index contributed by atoms with van der Waals surface area (Å²) in [6.07, 6.45) is 0. The van der Waals surface area contributed by atoms with Crippen molar-refractivity contribution in [2.75, 3.05) is 0 Å². The molecule has 0 saturated heterocycles. The van der Waals surface area contributed by atoms with Gasteiger partial charge in [0.15, 0.2) is 0 Å². The van der Waals surface area contributed by atoms with Crippen LogP contribution in [0.25, 0.3) is 0 Å². The average molecular weight is 213 g/mol. The normalized spacial score (nSPS) is 7.25. The van der Waals surface area contributed by atoms with Crippen molar-refractivity contribution >= 4 is 45.9 Å². The summed E-state index contributed by atoms with van der Waals surface area (Å²) in [6, 6.07) is 0. The van der Waals surface area contributed by atoms with Crippen LogP contribution in [0.4, 0.5) is 0 Å². The Balaban J connectivity index is -0.0000000267. The van der Waals surface area contributed by atoms with E-state index >= 15 is 0 Å². The fraction of sp³-hybridized carbons (Fsp3) is 0. The van der Waals surface area contributed by atoms with Crippen LogP contribution in [0.5, 0.6) is 0 Å². The Kier molecular flexibility index (Phi) is 24.0. The summed E-state index contributed by atoms with van der Waals surface area (Å²) in [5, 5.41) is 0. The SMILES string of the molecule is Cl.O=S(=O)(O)O.[Cr].[MgH2]. The van der Waals surface area contributed by atoms with Gasteiger partial charge in [-0.05, 0) is 0 Å². The van der Waals surface area contributed by atoms with Gasteiger partial charge < -0.3 is 0 Å². The Morgan fingerprint density at radius 3 is 1.12 bits per heavy atom. The molecular formula is H5ClCrMgO4S. The fourth-order valence-corrected chi connectivity index (χ4v) is 0. The van der Waals surface area contributed by atoms with E-state index in [1.807, 2.05) is 0 Å². The minimum atomic E-state index is -4.67. The second kappa shape index (κ2) is 8.46. The van der Waals surface area contributed by atoms with E-state index in [9.17, 15) is 0 Å². The van der Waals surface area contributed by atoms with E-state index in [0.29, 0.717) is 0 Å². The summed E-state index contributed by atoms with van der Waals surface area (Å²) in [6.45, 7) is 0. The van der Waals surface area contributed by atoms with E-state index in [1.54, 1.807) is 0 Å². The van der Waals surface area contributed by atoms with Crippen LogP contribution in [0, 0.1) is 0 Å². The molecule has 0 amide bonds. The van der Waals surface area contributed by atoms with Gasteiger partial charge in [-0.25, -0.2) is 0 Å². The zero-order valence-electron chi connectivity index (χ0n) is 2.94. The van der Waals surface area contributed by atoms with Crippen LogP contribution in [0.2, 0.25) is 0 Å². The molecule has 0 unspecified atom stereocenters. The molecule has 0 bridgehead atoms. The summed E-state index contributed by atoms with van der Waals surface area (Å²) >= 11 is 0. The van der Waals surface area contributed by atoms with E-state index in [2.05, 4.69) is 0 Å². The molecule has 0 aromatic rings. The van der Waals surface area contributed by atoms with Gasteiger partial charge >= 0.3 is 33.5 Å². The topological polar surface area (TPSA) is 74.6 Å². The Morgan fingerprint density at radius 1 is 1.12 bits per heavy atom. The fourth-order valence-electron chi connectivity index (χ4n) is 0. The van der Waals surface area contributed by atoms with Crippen LogP contribution in [0.3, 0.4) is 0 Å². The molecule has 0 spiro atoms. The van der Waals surface area contributed by atoms with Gasteiger partial charge in [-0.2, -0.15) is 8.42 Å². The first-order valence-corrected chi connectivity index (χ1v) is 2.10. The van der Waals surface area contributed by atoms with Crippen LogP contribution in [0.1, 0.15) is 0 Å². The molecule has 0 aliphatic carbocycles. The second-order valence-corrected chi connectivity index (χ2v) is 1.34. The van der Waals surface area contributed by atoms with Gasteiger partial charge in [0, 0.05) is 17.4 Å². The van der Waals surface area contributed by atoms with Gasteiger partial charge in [0.05, 0.1) is 0 Å². The van der Waals surface area contributed by atoms with Crippen LogP contribution >= 0.6 is 12.4 Å². The maximum atomic E-state index is 8.74. The molecule has 4 nitrogen and oxygen atoms in total. The molecule has 0 heterocycles. The summed E-state index contributed by atoms with van der Waals surface area (Å²) in [4.78, 5) is 0. The standard InChI is InChI=1S/ClH.Cr.Mg.H2O4S.2H/c;;;1-5(2,3)4;;/h1H;;;(H2,1,2,3,4);;. The van der Waals surface area contributed by atoms with Gasteiger partial charge in [0.1, 0.15) is 0 Å². The molecule has 0 aliphatic rings. The summed E-state index contributed by atoms with van der Waals surface area (Å²) in [5.74, 6) is 0. The van der Waals surface area contributed by atoms with Crippen LogP contribution in [-0.2, 0) is 27.8 Å². The molecule has 0 rings (SSSR count). The van der Waals surface area contributed by atoms with Crippen molar-refractivity contribution in [1.29, 1.82) is 0 Å². The Hall–Kier alpha value is 1.46. The summed E-state index contributed by atoms with van der Waals surface area (Å²) in [7, 11) is -4.67. The third-order valence-corrected chi connectivity index (χ3v) is 0. The summed E-state index contributed by atoms with van der Waals surface area (Å²) in [5.41, 5.74) is 0. The quantitative estimate of drug-likeness (QED) is 0.393. The molecule has 0 aromatic carbocycles. The average Bonchev–Trinajstić information content (AvgIpc) is 0.722. The van der Waals surface area contributed by atoms with E-state index in [0.717, 1.165) is 0 Å². The predicted octanol–water partition coefficient (Wildman–Crippen LogP) is -1.15. The van der Waals surface area contributed by atoms with Gasteiger partial charge in [0.25, 0.3) is 0 Å². The van der Waals surface area contributed by atoms with Gasteiger partial charge in [-0.3, -0.25) is 9.11 Å². The second-order valence-electron chi connectivity index (χ2n) is 0.448. The zero-order valence-corrected chi connectivity index (χ0v) is 5.84. The Morgan fingerprint density at radius 2 is 1.12 bits per heavy atom. The van der Waals surface area contributed by atoms with Crippen molar-refractivity contribution in [3.05, 3.63) is 0 Å². The van der Waals surface area contributed by atoms with Crippen molar-refractivity contribution in [1.82, 2.24) is 0 Å².